The van der Waals surface area contributed by atoms with E-state index in [2.05, 4.69) is 32.0 Å². The summed E-state index contributed by atoms with van der Waals surface area (Å²) >= 11 is 0. The fourth-order valence-electron chi connectivity index (χ4n) is 1.36. The van der Waals surface area contributed by atoms with Crippen molar-refractivity contribution in [2.75, 3.05) is 14.1 Å². The van der Waals surface area contributed by atoms with Crippen LogP contribution in [0.5, 0.6) is 0 Å². The maximum absolute atomic E-state index is 6.03. The summed E-state index contributed by atoms with van der Waals surface area (Å²) in [4.78, 5) is 2.02. The van der Waals surface area contributed by atoms with Crippen LogP contribution in [0.2, 0.25) is 0 Å². The lowest BCUT2D eigenvalue weighted by Crippen LogP contribution is -2.28. The van der Waals surface area contributed by atoms with E-state index in [-0.39, 0.29) is 6.17 Å². The molecule has 13 heavy (non-hydrogen) atoms. The van der Waals surface area contributed by atoms with E-state index in [1.807, 2.05) is 19.0 Å². The predicted molar refractivity (Wildman–Crippen MR) is 56.5 cm³/mol. The van der Waals surface area contributed by atoms with E-state index in [1.54, 1.807) is 0 Å². The van der Waals surface area contributed by atoms with Crippen molar-refractivity contribution >= 4 is 0 Å². The second kappa shape index (κ2) is 3.90. The summed E-state index contributed by atoms with van der Waals surface area (Å²) in [5, 5.41) is 0. The van der Waals surface area contributed by atoms with Gasteiger partial charge in [-0.3, -0.25) is 4.90 Å². The average molecular weight is 178 g/mol. The Balaban J connectivity index is 3.05. The van der Waals surface area contributed by atoms with E-state index in [4.69, 9.17) is 5.73 Å². The molecule has 0 aliphatic carbocycles. The van der Waals surface area contributed by atoms with Gasteiger partial charge < -0.3 is 5.73 Å². The van der Waals surface area contributed by atoms with Crippen LogP contribution in [0.15, 0.2) is 18.2 Å². The van der Waals surface area contributed by atoms with Crippen LogP contribution in [0.25, 0.3) is 0 Å². The van der Waals surface area contributed by atoms with Crippen molar-refractivity contribution in [1.82, 2.24) is 4.90 Å². The number of aryl methyl sites for hydroxylation is 2. The zero-order chi connectivity index (χ0) is 10.0. The minimum atomic E-state index is -0.0000926. The van der Waals surface area contributed by atoms with Gasteiger partial charge in [-0.15, -0.1) is 0 Å². The second-order valence-electron chi connectivity index (χ2n) is 3.77. The van der Waals surface area contributed by atoms with Crippen molar-refractivity contribution in [3.63, 3.8) is 0 Å². The zero-order valence-electron chi connectivity index (χ0n) is 8.83. The van der Waals surface area contributed by atoms with Crippen molar-refractivity contribution in [1.29, 1.82) is 0 Å². The highest BCUT2D eigenvalue weighted by Crippen LogP contribution is 2.18. The first-order valence-corrected chi connectivity index (χ1v) is 4.51. The van der Waals surface area contributed by atoms with Gasteiger partial charge in [0.2, 0.25) is 0 Å². The molecule has 72 valence electrons. The highest BCUT2D eigenvalue weighted by Gasteiger charge is 2.10. The predicted octanol–water partition coefficient (Wildman–Crippen LogP) is 1.82. The Morgan fingerprint density at radius 3 is 2.38 bits per heavy atom. The van der Waals surface area contributed by atoms with Gasteiger partial charge in [0.1, 0.15) is 0 Å². The van der Waals surface area contributed by atoms with Crippen molar-refractivity contribution in [2.45, 2.75) is 20.0 Å². The molecule has 0 aliphatic rings. The molecule has 0 saturated carbocycles. The van der Waals surface area contributed by atoms with E-state index < -0.39 is 0 Å². The smallest absolute Gasteiger partial charge is 0.0833 e. The van der Waals surface area contributed by atoms with E-state index in [9.17, 15) is 0 Å². The quantitative estimate of drug-likeness (QED) is 0.700. The van der Waals surface area contributed by atoms with Crippen molar-refractivity contribution < 1.29 is 0 Å². The third-order valence-corrected chi connectivity index (χ3v) is 2.31. The maximum Gasteiger partial charge on any atom is 0.0833 e. The maximum atomic E-state index is 6.03. The van der Waals surface area contributed by atoms with Gasteiger partial charge in [-0.25, -0.2) is 0 Å². The molecule has 0 bridgehead atoms. The molecule has 1 aromatic carbocycles. The second-order valence-corrected chi connectivity index (χ2v) is 3.77. The van der Waals surface area contributed by atoms with Gasteiger partial charge in [-0.2, -0.15) is 0 Å². The molecule has 0 spiro atoms. The van der Waals surface area contributed by atoms with Gasteiger partial charge in [0, 0.05) is 0 Å². The highest BCUT2D eigenvalue weighted by atomic mass is 15.2. The highest BCUT2D eigenvalue weighted by molar-refractivity contribution is 5.32. The normalized spacial score (nSPS) is 13.4. The Morgan fingerprint density at radius 2 is 1.85 bits per heavy atom. The average Bonchev–Trinajstić information content (AvgIpc) is 2.08. The SMILES string of the molecule is Cc1ccc(C)c(C(N)N(C)C)c1. The molecule has 1 aromatic rings. The Bertz CT molecular complexity index is 292. The molecule has 1 unspecified atom stereocenters. The van der Waals surface area contributed by atoms with Crippen LogP contribution in [0, 0.1) is 13.8 Å². The monoisotopic (exact) mass is 178 g/mol. The molecule has 2 heteroatoms. The lowest BCUT2D eigenvalue weighted by Gasteiger charge is -2.22. The molecule has 0 radical (unpaired) electrons. The summed E-state index contributed by atoms with van der Waals surface area (Å²) in [6.45, 7) is 4.18. The van der Waals surface area contributed by atoms with Crippen LogP contribution < -0.4 is 5.73 Å². The third kappa shape index (κ3) is 2.29. The van der Waals surface area contributed by atoms with Gasteiger partial charge in [-0.05, 0) is 39.1 Å². The van der Waals surface area contributed by atoms with Gasteiger partial charge in [0.25, 0.3) is 0 Å². The molecule has 0 aliphatic heterocycles. The fourth-order valence-corrected chi connectivity index (χ4v) is 1.36. The van der Waals surface area contributed by atoms with Gasteiger partial charge >= 0.3 is 0 Å². The summed E-state index contributed by atoms with van der Waals surface area (Å²) in [7, 11) is 3.98. The molecule has 1 atom stereocenters. The molecule has 0 amide bonds. The van der Waals surface area contributed by atoms with Crippen molar-refractivity contribution in [3.05, 3.63) is 34.9 Å². The van der Waals surface area contributed by atoms with Crippen molar-refractivity contribution in [3.8, 4) is 0 Å². The molecule has 0 heterocycles. The number of nitrogens with zero attached hydrogens (tertiary/aromatic N) is 1. The summed E-state index contributed by atoms with van der Waals surface area (Å²) < 4.78 is 0. The lowest BCUT2D eigenvalue weighted by molar-refractivity contribution is 0.306. The van der Waals surface area contributed by atoms with E-state index in [0.29, 0.717) is 0 Å². The molecule has 2 N–H and O–H groups in total. The largest absolute Gasteiger partial charge is 0.312 e. The molecular formula is C11H18N2. The summed E-state index contributed by atoms with van der Waals surface area (Å²) in [6, 6.07) is 6.38. The van der Waals surface area contributed by atoms with E-state index in [1.165, 1.54) is 16.7 Å². The molecule has 0 aromatic heterocycles. The molecular weight excluding hydrogens is 160 g/mol. The summed E-state index contributed by atoms with van der Waals surface area (Å²) in [6.07, 6.45) is -0.0000926. The molecule has 0 saturated heterocycles. The van der Waals surface area contributed by atoms with Crippen LogP contribution in [0.3, 0.4) is 0 Å². The van der Waals surface area contributed by atoms with Gasteiger partial charge in [0.15, 0.2) is 0 Å². The first-order chi connectivity index (χ1) is 6.02. The minimum absolute atomic E-state index is 0.0000926. The van der Waals surface area contributed by atoms with Crippen molar-refractivity contribution in [2.24, 2.45) is 5.73 Å². The molecule has 1 rings (SSSR count). The number of nitrogens with two attached hydrogens (primary N) is 1. The van der Waals surface area contributed by atoms with Crippen LogP contribution in [-0.4, -0.2) is 19.0 Å². The number of hydrogen-bond acceptors (Lipinski definition) is 2. The molecule has 2 nitrogen and oxygen atoms in total. The fraction of sp³-hybridized carbons (Fsp3) is 0.455. The zero-order valence-corrected chi connectivity index (χ0v) is 8.83. The first-order valence-electron chi connectivity index (χ1n) is 4.51. The van der Waals surface area contributed by atoms with Gasteiger partial charge in [-0.1, -0.05) is 23.8 Å². The minimum Gasteiger partial charge on any atom is -0.312 e. The lowest BCUT2D eigenvalue weighted by atomic mass is 10.0. The van der Waals surface area contributed by atoms with E-state index >= 15 is 0 Å². The van der Waals surface area contributed by atoms with Crippen LogP contribution >= 0.6 is 0 Å². The third-order valence-electron chi connectivity index (χ3n) is 2.31. The van der Waals surface area contributed by atoms with Crippen LogP contribution in [0.4, 0.5) is 0 Å². The summed E-state index contributed by atoms with van der Waals surface area (Å²) in [5.41, 5.74) is 9.76. The van der Waals surface area contributed by atoms with Gasteiger partial charge in [0.05, 0.1) is 6.17 Å². The number of rotatable bonds is 2. The summed E-state index contributed by atoms with van der Waals surface area (Å²) in [5.74, 6) is 0. The Kier molecular flexibility index (Phi) is 3.07. The molecule has 0 fully saturated rings. The van der Waals surface area contributed by atoms with E-state index in [0.717, 1.165) is 0 Å². The van der Waals surface area contributed by atoms with Crippen LogP contribution in [-0.2, 0) is 0 Å². The topological polar surface area (TPSA) is 29.3 Å². The Morgan fingerprint density at radius 1 is 1.23 bits per heavy atom. The number of benzene rings is 1. The Hall–Kier alpha value is -0.860. The number of hydrogen-bond donors (Lipinski definition) is 1. The standard InChI is InChI=1S/C11H18N2/c1-8-5-6-9(2)10(7-8)11(12)13(3)4/h5-7,11H,12H2,1-4H3. The van der Waals surface area contributed by atoms with Crippen LogP contribution in [0.1, 0.15) is 22.9 Å². The Labute approximate surface area is 80.4 Å². The first kappa shape index (κ1) is 10.2.